The van der Waals surface area contributed by atoms with E-state index in [9.17, 15) is 4.39 Å². The Bertz CT molecular complexity index is 537. The van der Waals surface area contributed by atoms with Crippen molar-refractivity contribution in [3.63, 3.8) is 0 Å². The summed E-state index contributed by atoms with van der Waals surface area (Å²) in [6.45, 7) is 1.80. The highest BCUT2D eigenvalue weighted by molar-refractivity contribution is 5.65. The second-order valence-corrected chi connectivity index (χ2v) is 3.60. The number of hydrogen-bond acceptors (Lipinski definition) is 4. The molecule has 0 saturated heterocycles. The van der Waals surface area contributed by atoms with E-state index in [2.05, 4.69) is 9.97 Å². The summed E-state index contributed by atoms with van der Waals surface area (Å²) in [5.41, 5.74) is 6.85. The van der Waals surface area contributed by atoms with E-state index in [1.54, 1.807) is 13.0 Å². The molecule has 0 radical (unpaired) electrons. The average Bonchev–Trinajstić information content (AvgIpc) is 2.27. The summed E-state index contributed by atoms with van der Waals surface area (Å²) >= 11 is 0. The molecule has 1 heterocycles. The predicted molar refractivity (Wildman–Crippen MR) is 63.1 cm³/mol. The van der Waals surface area contributed by atoms with Crippen LogP contribution in [-0.2, 0) is 0 Å². The number of hydrogen-bond donors (Lipinski definition) is 1. The molecule has 5 heteroatoms. The zero-order valence-electron chi connectivity index (χ0n) is 9.57. The Morgan fingerprint density at radius 1 is 1.24 bits per heavy atom. The third kappa shape index (κ3) is 2.33. The van der Waals surface area contributed by atoms with Gasteiger partial charge in [-0.3, -0.25) is 0 Å². The van der Waals surface area contributed by atoms with E-state index < -0.39 is 0 Å². The normalized spacial score (nSPS) is 10.3. The SMILES string of the molecule is COc1ccc(F)cc1-c1nc(C)cc(N)n1. The van der Waals surface area contributed by atoms with Crippen molar-refractivity contribution < 1.29 is 9.13 Å². The van der Waals surface area contributed by atoms with Gasteiger partial charge in [-0.05, 0) is 25.1 Å². The van der Waals surface area contributed by atoms with E-state index in [-0.39, 0.29) is 5.82 Å². The van der Waals surface area contributed by atoms with Crippen molar-refractivity contribution in [1.29, 1.82) is 0 Å². The number of benzene rings is 1. The summed E-state index contributed by atoms with van der Waals surface area (Å²) in [5, 5.41) is 0. The third-order valence-electron chi connectivity index (χ3n) is 2.28. The summed E-state index contributed by atoms with van der Waals surface area (Å²) in [7, 11) is 1.51. The zero-order valence-corrected chi connectivity index (χ0v) is 9.57. The van der Waals surface area contributed by atoms with Crippen LogP contribution in [0.4, 0.5) is 10.2 Å². The fourth-order valence-corrected chi connectivity index (χ4v) is 1.57. The minimum absolute atomic E-state index is 0.346. The number of ether oxygens (including phenoxy) is 1. The molecule has 1 aromatic carbocycles. The van der Waals surface area contributed by atoms with E-state index in [0.717, 1.165) is 5.69 Å². The molecule has 1 aromatic heterocycles. The first-order valence-corrected chi connectivity index (χ1v) is 5.05. The number of halogens is 1. The van der Waals surface area contributed by atoms with Gasteiger partial charge in [0.05, 0.1) is 12.7 Å². The highest BCUT2D eigenvalue weighted by Crippen LogP contribution is 2.28. The van der Waals surface area contributed by atoms with Gasteiger partial charge >= 0.3 is 0 Å². The fraction of sp³-hybridized carbons (Fsp3) is 0.167. The highest BCUT2D eigenvalue weighted by Gasteiger charge is 2.11. The summed E-state index contributed by atoms with van der Waals surface area (Å²) in [5.74, 6) is 0.846. The molecule has 2 N–H and O–H groups in total. The number of aromatic nitrogens is 2. The van der Waals surface area contributed by atoms with E-state index in [0.29, 0.717) is 23.0 Å². The molecule has 0 aliphatic rings. The molecule has 0 saturated carbocycles. The van der Waals surface area contributed by atoms with Crippen LogP contribution in [0.5, 0.6) is 5.75 Å². The number of methoxy groups -OCH3 is 1. The quantitative estimate of drug-likeness (QED) is 0.863. The van der Waals surface area contributed by atoms with Crippen LogP contribution in [0.1, 0.15) is 5.69 Å². The van der Waals surface area contributed by atoms with Crippen molar-refractivity contribution in [1.82, 2.24) is 9.97 Å². The van der Waals surface area contributed by atoms with E-state index in [1.807, 2.05) is 0 Å². The number of aryl methyl sites for hydroxylation is 1. The maximum atomic E-state index is 13.2. The highest BCUT2D eigenvalue weighted by atomic mass is 19.1. The second kappa shape index (κ2) is 4.37. The Hall–Kier alpha value is -2.17. The average molecular weight is 233 g/mol. The molecular weight excluding hydrogens is 221 g/mol. The number of rotatable bonds is 2. The lowest BCUT2D eigenvalue weighted by Gasteiger charge is -2.08. The number of nitrogens with zero attached hydrogens (tertiary/aromatic N) is 2. The molecule has 0 bridgehead atoms. The van der Waals surface area contributed by atoms with Crippen LogP contribution >= 0.6 is 0 Å². The van der Waals surface area contributed by atoms with Gasteiger partial charge in [-0.2, -0.15) is 0 Å². The van der Waals surface area contributed by atoms with E-state index in [1.165, 1.54) is 25.3 Å². The molecule has 0 aliphatic heterocycles. The fourth-order valence-electron chi connectivity index (χ4n) is 1.57. The van der Waals surface area contributed by atoms with Crippen LogP contribution in [0.3, 0.4) is 0 Å². The molecule has 0 unspecified atom stereocenters. The maximum Gasteiger partial charge on any atom is 0.165 e. The Morgan fingerprint density at radius 3 is 2.65 bits per heavy atom. The molecule has 4 nitrogen and oxygen atoms in total. The lowest BCUT2D eigenvalue weighted by Crippen LogP contribution is -1.99. The first kappa shape index (κ1) is 11.3. The van der Waals surface area contributed by atoms with Gasteiger partial charge in [0.25, 0.3) is 0 Å². The Labute approximate surface area is 98.3 Å². The predicted octanol–water partition coefficient (Wildman–Crippen LogP) is 2.18. The largest absolute Gasteiger partial charge is 0.496 e. The molecule has 88 valence electrons. The van der Waals surface area contributed by atoms with Gasteiger partial charge in [0.1, 0.15) is 17.4 Å². The summed E-state index contributed by atoms with van der Waals surface area (Å²) in [4.78, 5) is 8.29. The van der Waals surface area contributed by atoms with Gasteiger partial charge in [0.15, 0.2) is 5.82 Å². The van der Waals surface area contributed by atoms with Crippen molar-refractivity contribution in [3.8, 4) is 17.1 Å². The number of nitrogens with two attached hydrogens (primary N) is 1. The monoisotopic (exact) mass is 233 g/mol. The van der Waals surface area contributed by atoms with Gasteiger partial charge in [-0.1, -0.05) is 0 Å². The Kier molecular flexibility index (Phi) is 2.91. The maximum absolute atomic E-state index is 13.2. The van der Waals surface area contributed by atoms with Crippen LogP contribution in [0.2, 0.25) is 0 Å². The van der Waals surface area contributed by atoms with Gasteiger partial charge in [-0.15, -0.1) is 0 Å². The standard InChI is InChI=1S/C12H12FN3O/c1-7-5-11(14)16-12(15-7)9-6-8(13)3-4-10(9)17-2/h3-6H,1-2H3,(H2,14,15,16). The van der Waals surface area contributed by atoms with Gasteiger partial charge in [0, 0.05) is 11.8 Å². The first-order chi connectivity index (χ1) is 8.10. The Morgan fingerprint density at radius 2 is 2.00 bits per heavy atom. The van der Waals surface area contributed by atoms with Crippen LogP contribution in [0.15, 0.2) is 24.3 Å². The van der Waals surface area contributed by atoms with Gasteiger partial charge < -0.3 is 10.5 Å². The molecule has 0 spiro atoms. The molecule has 0 aliphatic carbocycles. The number of nitrogen functional groups attached to an aromatic ring is 1. The molecule has 2 rings (SSSR count). The van der Waals surface area contributed by atoms with Gasteiger partial charge in [0.2, 0.25) is 0 Å². The third-order valence-corrected chi connectivity index (χ3v) is 2.28. The van der Waals surface area contributed by atoms with Crippen LogP contribution in [-0.4, -0.2) is 17.1 Å². The molecule has 0 fully saturated rings. The van der Waals surface area contributed by atoms with Crippen LogP contribution in [0.25, 0.3) is 11.4 Å². The van der Waals surface area contributed by atoms with E-state index in [4.69, 9.17) is 10.5 Å². The molecular formula is C12H12FN3O. The lowest BCUT2D eigenvalue weighted by atomic mass is 10.1. The Balaban J connectivity index is 2.62. The minimum atomic E-state index is -0.371. The molecule has 17 heavy (non-hydrogen) atoms. The smallest absolute Gasteiger partial charge is 0.165 e. The number of anilines is 1. The first-order valence-electron chi connectivity index (χ1n) is 5.05. The van der Waals surface area contributed by atoms with Crippen LogP contribution in [0, 0.1) is 12.7 Å². The lowest BCUT2D eigenvalue weighted by molar-refractivity contribution is 0.415. The molecule has 0 amide bonds. The van der Waals surface area contributed by atoms with Crippen LogP contribution < -0.4 is 10.5 Å². The van der Waals surface area contributed by atoms with Crippen molar-refractivity contribution >= 4 is 5.82 Å². The molecule has 2 aromatic rings. The van der Waals surface area contributed by atoms with Crippen molar-refractivity contribution in [2.45, 2.75) is 6.92 Å². The molecule has 0 atom stereocenters. The minimum Gasteiger partial charge on any atom is -0.496 e. The van der Waals surface area contributed by atoms with Crippen molar-refractivity contribution in [2.75, 3.05) is 12.8 Å². The van der Waals surface area contributed by atoms with E-state index >= 15 is 0 Å². The zero-order chi connectivity index (χ0) is 12.4. The second-order valence-electron chi connectivity index (χ2n) is 3.60. The topological polar surface area (TPSA) is 61.0 Å². The van der Waals surface area contributed by atoms with Gasteiger partial charge in [-0.25, -0.2) is 14.4 Å². The summed E-state index contributed by atoms with van der Waals surface area (Å²) in [6, 6.07) is 5.83. The summed E-state index contributed by atoms with van der Waals surface area (Å²) in [6.07, 6.45) is 0. The van der Waals surface area contributed by atoms with Crippen molar-refractivity contribution in [2.24, 2.45) is 0 Å². The van der Waals surface area contributed by atoms with Crippen molar-refractivity contribution in [3.05, 3.63) is 35.8 Å². The summed E-state index contributed by atoms with van der Waals surface area (Å²) < 4.78 is 18.4.